The second-order valence-electron chi connectivity index (χ2n) is 4.76. The average molecular weight is 264 g/mol. The van der Waals surface area contributed by atoms with Gasteiger partial charge in [-0.25, -0.2) is 0 Å². The molecule has 0 spiro atoms. The highest BCUT2D eigenvalue weighted by atomic mass is 16.6. The van der Waals surface area contributed by atoms with Gasteiger partial charge in [-0.05, 0) is 37.3 Å². The van der Waals surface area contributed by atoms with Gasteiger partial charge in [-0.1, -0.05) is 0 Å². The van der Waals surface area contributed by atoms with Crippen LogP contribution in [0.3, 0.4) is 0 Å². The predicted octanol–water partition coefficient (Wildman–Crippen LogP) is 2.58. The summed E-state index contributed by atoms with van der Waals surface area (Å²) >= 11 is 0. The van der Waals surface area contributed by atoms with Gasteiger partial charge < -0.3 is 10.4 Å². The third-order valence-corrected chi connectivity index (χ3v) is 3.37. The Bertz CT molecular complexity index is 497. The van der Waals surface area contributed by atoms with Gasteiger partial charge in [-0.15, -0.1) is 0 Å². The van der Waals surface area contributed by atoms with Crippen LogP contribution in [0.4, 0.5) is 11.4 Å². The molecule has 2 rings (SSSR count). The van der Waals surface area contributed by atoms with Gasteiger partial charge >= 0.3 is 5.97 Å². The Kier molecular flexibility index (Phi) is 3.99. The number of non-ortho nitro benzene ring substituents is 1. The Hall–Kier alpha value is -2.11. The largest absolute Gasteiger partial charge is 0.481 e. The molecule has 0 heterocycles. The third-order valence-electron chi connectivity index (χ3n) is 3.37. The molecule has 0 radical (unpaired) electrons. The van der Waals surface area contributed by atoms with E-state index in [4.69, 9.17) is 5.11 Å². The van der Waals surface area contributed by atoms with E-state index in [9.17, 15) is 14.9 Å². The number of aliphatic carboxylic acids is 1. The van der Waals surface area contributed by atoms with Crippen molar-refractivity contribution >= 4 is 17.3 Å². The van der Waals surface area contributed by atoms with E-state index in [2.05, 4.69) is 5.32 Å². The first kappa shape index (κ1) is 13.3. The molecule has 1 aromatic carbocycles. The highest BCUT2D eigenvalue weighted by Gasteiger charge is 2.19. The normalized spacial score (nSPS) is 14.7. The first-order valence-corrected chi connectivity index (χ1v) is 6.32. The van der Waals surface area contributed by atoms with E-state index in [1.165, 1.54) is 18.6 Å². The standard InChI is InChI=1S/C13H16N2O4/c16-13(17)7-4-9-8-11(15(18)19)5-6-12(9)14-10-2-1-3-10/h5-6,8,10,14H,1-4,7H2,(H,16,17). The molecule has 1 fully saturated rings. The maximum absolute atomic E-state index is 10.8. The molecule has 0 aliphatic heterocycles. The van der Waals surface area contributed by atoms with E-state index in [0.717, 1.165) is 18.5 Å². The van der Waals surface area contributed by atoms with Crippen LogP contribution in [0.25, 0.3) is 0 Å². The van der Waals surface area contributed by atoms with Gasteiger partial charge in [0.2, 0.25) is 0 Å². The molecule has 102 valence electrons. The molecule has 0 unspecified atom stereocenters. The Morgan fingerprint density at radius 2 is 2.21 bits per heavy atom. The number of nitrogens with one attached hydrogen (secondary N) is 1. The summed E-state index contributed by atoms with van der Waals surface area (Å²) in [5, 5.41) is 22.8. The molecule has 19 heavy (non-hydrogen) atoms. The lowest BCUT2D eigenvalue weighted by molar-refractivity contribution is -0.384. The first-order chi connectivity index (χ1) is 9.06. The minimum absolute atomic E-state index is 0.000418. The van der Waals surface area contributed by atoms with Crippen LogP contribution in [0.1, 0.15) is 31.2 Å². The number of hydrogen-bond acceptors (Lipinski definition) is 4. The van der Waals surface area contributed by atoms with Crippen molar-refractivity contribution in [1.29, 1.82) is 0 Å². The number of hydrogen-bond donors (Lipinski definition) is 2. The Labute approximate surface area is 110 Å². The number of benzene rings is 1. The van der Waals surface area contributed by atoms with Crippen molar-refractivity contribution in [1.82, 2.24) is 0 Å². The van der Waals surface area contributed by atoms with E-state index in [-0.39, 0.29) is 12.1 Å². The Morgan fingerprint density at radius 1 is 1.47 bits per heavy atom. The zero-order valence-corrected chi connectivity index (χ0v) is 10.5. The van der Waals surface area contributed by atoms with Gasteiger partial charge in [0.05, 0.1) is 4.92 Å². The van der Waals surface area contributed by atoms with Crippen molar-refractivity contribution in [3.05, 3.63) is 33.9 Å². The SMILES string of the molecule is O=C(O)CCc1cc([N+](=O)[O-])ccc1NC1CCC1. The van der Waals surface area contributed by atoms with Crippen molar-refractivity contribution in [3.63, 3.8) is 0 Å². The number of nitro benzene ring substituents is 1. The third kappa shape index (κ3) is 3.43. The predicted molar refractivity (Wildman–Crippen MR) is 70.3 cm³/mol. The molecule has 6 nitrogen and oxygen atoms in total. The second kappa shape index (κ2) is 5.69. The summed E-state index contributed by atoms with van der Waals surface area (Å²) in [5.41, 5.74) is 1.51. The fourth-order valence-corrected chi connectivity index (χ4v) is 2.06. The maximum atomic E-state index is 10.8. The lowest BCUT2D eigenvalue weighted by Gasteiger charge is -2.28. The molecule has 1 aliphatic carbocycles. The molecular formula is C13H16N2O4. The van der Waals surface area contributed by atoms with Crippen molar-refractivity contribution in [2.24, 2.45) is 0 Å². The minimum Gasteiger partial charge on any atom is -0.481 e. The number of anilines is 1. The molecule has 1 aliphatic rings. The molecule has 0 bridgehead atoms. The quantitative estimate of drug-likeness (QED) is 0.608. The van der Waals surface area contributed by atoms with Crippen LogP contribution < -0.4 is 5.32 Å². The maximum Gasteiger partial charge on any atom is 0.303 e. The summed E-state index contributed by atoms with van der Waals surface area (Å²) < 4.78 is 0. The van der Waals surface area contributed by atoms with Gasteiger partial charge in [0, 0.05) is 30.3 Å². The molecule has 0 atom stereocenters. The summed E-state index contributed by atoms with van der Waals surface area (Å²) in [5.74, 6) is -0.902. The van der Waals surface area contributed by atoms with Crippen LogP contribution in [0, 0.1) is 10.1 Å². The van der Waals surface area contributed by atoms with E-state index >= 15 is 0 Å². The number of carbonyl (C=O) groups is 1. The Balaban J connectivity index is 2.18. The van der Waals surface area contributed by atoms with Crippen LogP contribution in [0.2, 0.25) is 0 Å². The van der Waals surface area contributed by atoms with Crippen molar-refractivity contribution in [3.8, 4) is 0 Å². The number of aryl methyl sites for hydroxylation is 1. The van der Waals surface area contributed by atoms with Crippen LogP contribution in [-0.4, -0.2) is 22.0 Å². The van der Waals surface area contributed by atoms with Gasteiger partial charge in [-0.2, -0.15) is 0 Å². The highest BCUT2D eigenvalue weighted by Crippen LogP contribution is 2.28. The number of carboxylic acid groups (broad SMARTS) is 1. The fourth-order valence-electron chi connectivity index (χ4n) is 2.06. The Morgan fingerprint density at radius 3 is 2.74 bits per heavy atom. The summed E-state index contributed by atoms with van der Waals surface area (Å²) in [6.45, 7) is 0. The summed E-state index contributed by atoms with van der Waals surface area (Å²) in [6, 6.07) is 4.99. The number of rotatable bonds is 6. The molecule has 0 saturated heterocycles. The topological polar surface area (TPSA) is 92.5 Å². The summed E-state index contributed by atoms with van der Waals surface area (Å²) in [4.78, 5) is 20.9. The van der Waals surface area contributed by atoms with Crippen molar-refractivity contribution in [2.75, 3.05) is 5.32 Å². The van der Waals surface area contributed by atoms with Gasteiger partial charge in [-0.3, -0.25) is 14.9 Å². The molecular weight excluding hydrogens is 248 g/mol. The number of nitro groups is 1. The van der Waals surface area contributed by atoms with E-state index in [1.54, 1.807) is 6.07 Å². The van der Waals surface area contributed by atoms with Gasteiger partial charge in [0.1, 0.15) is 0 Å². The van der Waals surface area contributed by atoms with Crippen LogP contribution in [0.15, 0.2) is 18.2 Å². The van der Waals surface area contributed by atoms with Gasteiger partial charge in [0.15, 0.2) is 0 Å². The zero-order chi connectivity index (χ0) is 13.8. The lowest BCUT2D eigenvalue weighted by atomic mass is 9.92. The number of carboxylic acids is 1. The molecule has 2 N–H and O–H groups in total. The fraction of sp³-hybridized carbons (Fsp3) is 0.462. The molecule has 0 aromatic heterocycles. The van der Waals surface area contributed by atoms with E-state index in [0.29, 0.717) is 18.0 Å². The molecule has 1 aromatic rings. The smallest absolute Gasteiger partial charge is 0.303 e. The van der Waals surface area contributed by atoms with Crippen molar-refractivity contribution in [2.45, 2.75) is 38.1 Å². The monoisotopic (exact) mass is 264 g/mol. The minimum atomic E-state index is -0.902. The summed E-state index contributed by atoms with van der Waals surface area (Å²) in [7, 11) is 0. The van der Waals surface area contributed by atoms with Crippen LogP contribution >= 0.6 is 0 Å². The van der Waals surface area contributed by atoms with Crippen molar-refractivity contribution < 1.29 is 14.8 Å². The number of nitrogens with zero attached hydrogens (tertiary/aromatic N) is 1. The zero-order valence-electron chi connectivity index (χ0n) is 10.5. The second-order valence-corrected chi connectivity index (χ2v) is 4.76. The van der Waals surface area contributed by atoms with E-state index < -0.39 is 10.9 Å². The van der Waals surface area contributed by atoms with Crippen LogP contribution in [0.5, 0.6) is 0 Å². The highest BCUT2D eigenvalue weighted by molar-refractivity contribution is 5.68. The van der Waals surface area contributed by atoms with E-state index in [1.807, 2.05) is 0 Å². The lowest BCUT2D eigenvalue weighted by Crippen LogP contribution is -2.27. The summed E-state index contributed by atoms with van der Waals surface area (Å²) in [6.07, 6.45) is 3.65. The van der Waals surface area contributed by atoms with Gasteiger partial charge in [0.25, 0.3) is 5.69 Å². The van der Waals surface area contributed by atoms with Crippen LogP contribution in [-0.2, 0) is 11.2 Å². The molecule has 0 amide bonds. The first-order valence-electron chi connectivity index (χ1n) is 6.32. The molecule has 1 saturated carbocycles. The molecule has 6 heteroatoms. The average Bonchev–Trinajstić information content (AvgIpc) is 2.31.